The fourth-order valence-corrected chi connectivity index (χ4v) is 1.73. The molecule has 0 aromatic heterocycles. The van der Waals surface area contributed by atoms with E-state index in [4.69, 9.17) is 6.42 Å². The van der Waals surface area contributed by atoms with Crippen molar-refractivity contribution in [3.8, 4) is 12.3 Å². The summed E-state index contributed by atoms with van der Waals surface area (Å²) >= 11 is 0. The highest BCUT2D eigenvalue weighted by Gasteiger charge is 2.31. The van der Waals surface area contributed by atoms with Gasteiger partial charge in [0.05, 0.1) is 24.9 Å². The molecular formula is C10H16NO+. The van der Waals surface area contributed by atoms with Crippen LogP contribution in [0.2, 0.25) is 0 Å². The maximum absolute atomic E-state index is 11.3. The Balaban J connectivity index is 2.56. The minimum Gasteiger partial charge on any atom is -0.322 e. The van der Waals surface area contributed by atoms with Crippen molar-refractivity contribution in [1.29, 1.82) is 0 Å². The Morgan fingerprint density at radius 2 is 2.33 bits per heavy atom. The van der Waals surface area contributed by atoms with Gasteiger partial charge in [-0.3, -0.25) is 4.79 Å². The molecule has 0 amide bonds. The van der Waals surface area contributed by atoms with Gasteiger partial charge in [-0.2, -0.15) is 0 Å². The van der Waals surface area contributed by atoms with E-state index in [9.17, 15) is 4.79 Å². The van der Waals surface area contributed by atoms with E-state index in [2.05, 4.69) is 12.8 Å². The van der Waals surface area contributed by atoms with Crippen LogP contribution in [-0.2, 0) is 4.79 Å². The summed E-state index contributed by atoms with van der Waals surface area (Å²) < 4.78 is 0. The lowest BCUT2D eigenvalue weighted by Crippen LogP contribution is -3.17. The van der Waals surface area contributed by atoms with Crippen LogP contribution in [0.5, 0.6) is 0 Å². The third kappa shape index (κ3) is 1.86. The SMILES string of the molecule is C#CC[NH+]1C[C@@H](C)C(=O)C[C@H]1C. The van der Waals surface area contributed by atoms with E-state index in [-0.39, 0.29) is 5.92 Å². The first-order valence-electron chi connectivity index (χ1n) is 4.46. The molecule has 0 saturated carbocycles. The van der Waals surface area contributed by atoms with Crippen LogP contribution in [0.3, 0.4) is 0 Å². The maximum Gasteiger partial charge on any atom is 0.147 e. The smallest absolute Gasteiger partial charge is 0.147 e. The number of ketones is 1. The molecule has 0 spiro atoms. The topological polar surface area (TPSA) is 21.5 Å². The van der Waals surface area contributed by atoms with Crippen LogP contribution in [0, 0.1) is 18.3 Å². The number of Topliss-reactive ketones (excluding diaryl/α,β-unsaturated/α-hetero) is 1. The minimum absolute atomic E-state index is 0.199. The lowest BCUT2D eigenvalue weighted by Gasteiger charge is -2.31. The second-order valence-electron chi connectivity index (χ2n) is 3.72. The predicted octanol–water partition coefficient (Wildman–Crippen LogP) is -0.498. The molecule has 66 valence electrons. The summed E-state index contributed by atoms with van der Waals surface area (Å²) in [6, 6.07) is 0.407. The monoisotopic (exact) mass is 166 g/mol. The summed E-state index contributed by atoms with van der Waals surface area (Å²) in [5, 5.41) is 0. The van der Waals surface area contributed by atoms with E-state index < -0.39 is 0 Å². The Kier molecular flexibility index (Phi) is 2.88. The van der Waals surface area contributed by atoms with E-state index in [0.717, 1.165) is 13.1 Å². The van der Waals surface area contributed by atoms with Crippen LogP contribution in [0.15, 0.2) is 0 Å². The Hall–Kier alpha value is -0.810. The van der Waals surface area contributed by atoms with E-state index in [1.54, 1.807) is 0 Å². The largest absolute Gasteiger partial charge is 0.322 e. The normalized spacial score (nSPS) is 36.1. The van der Waals surface area contributed by atoms with Gasteiger partial charge in [-0.05, 0) is 12.8 Å². The second-order valence-corrected chi connectivity index (χ2v) is 3.72. The summed E-state index contributed by atoms with van der Waals surface area (Å²) in [7, 11) is 0. The third-order valence-electron chi connectivity index (χ3n) is 2.65. The Bertz CT molecular complexity index is 216. The molecule has 0 aromatic rings. The van der Waals surface area contributed by atoms with Gasteiger partial charge in [-0.15, -0.1) is 6.42 Å². The standard InChI is InChI=1S/C10H15NO/c1-4-5-11-7-8(2)10(12)6-9(11)3/h1,8-9H,5-7H2,2-3H3/p+1/t8-,9-/m1/s1. The first-order chi connectivity index (χ1) is 5.65. The molecule has 1 saturated heterocycles. The van der Waals surface area contributed by atoms with Gasteiger partial charge in [0.2, 0.25) is 0 Å². The third-order valence-corrected chi connectivity index (χ3v) is 2.65. The van der Waals surface area contributed by atoms with Crippen molar-refractivity contribution < 1.29 is 9.69 Å². The van der Waals surface area contributed by atoms with E-state index in [1.165, 1.54) is 4.90 Å². The molecule has 1 aliphatic rings. The molecule has 1 heterocycles. The molecule has 1 rings (SSSR count). The van der Waals surface area contributed by atoms with Gasteiger partial charge in [0.1, 0.15) is 12.3 Å². The fourth-order valence-electron chi connectivity index (χ4n) is 1.73. The minimum atomic E-state index is 0.199. The molecule has 12 heavy (non-hydrogen) atoms. The number of carbonyl (C=O) groups is 1. The highest BCUT2D eigenvalue weighted by atomic mass is 16.1. The zero-order valence-corrected chi connectivity index (χ0v) is 7.76. The summed E-state index contributed by atoms with van der Waals surface area (Å²) in [6.07, 6.45) is 5.94. The molecule has 0 radical (unpaired) electrons. The molecule has 1 N–H and O–H groups in total. The van der Waals surface area contributed by atoms with Crippen molar-refractivity contribution in [2.24, 2.45) is 5.92 Å². The molecular weight excluding hydrogens is 150 g/mol. The summed E-state index contributed by atoms with van der Waals surface area (Å²) in [5.74, 6) is 3.25. The maximum atomic E-state index is 11.3. The van der Waals surface area contributed by atoms with Crippen LogP contribution in [0.1, 0.15) is 20.3 Å². The average Bonchev–Trinajstić information content (AvgIpc) is 2.01. The Labute approximate surface area is 73.9 Å². The number of hydrogen-bond acceptors (Lipinski definition) is 1. The number of terminal acetylenes is 1. The predicted molar refractivity (Wildman–Crippen MR) is 47.8 cm³/mol. The van der Waals surface area contributed by atoms with Crippen LogP contribution >= 0.6 is 0 Å². The number of quaternary nitrogens is 1. The van der Waals surface area contributed by atoms with E-state index in [1.807, 2.05) is 6.92 Å². The lowest BCUT2D eigenvalue weighted by molar-refractivity contribution is -0.921. The van der Waals surface area contributed by atoms with Gasteiger partial charge < -0.3 is 4.90 Å². The molecule has 1 unspecified atom stereocenters. The Morgan fingerprint density at radius 1 is 1.67 bits per heavy atom. The molecule has 3 atom stereocenters. The second kappa shape index (κ2) is 3.73. The van der Waals surface area contributed by atoms with Crippen molar-refractivity contribution >= 4 is 5.78 Å². The Morgan fingerprint density at radius 3 is 2.92 bits per heavy atom. The molecule has 2 nitrogen and oxygen atoms in total. The van der Waals surface area contributed by atoms with Crippen molar-refractivity contribution in [3.05, 3.63) is 0 Å². The molecule has 2 heteroatoms. The fraction of sp³-hybridized carbons (Fsp3) is 0.700. The van der Waals surface area contributed by atoms with Gasteiger partial charge in [0.15, 0.2) is 0 Å². The highest BCUT2D eigenvalue weighted by molar-refractivity contribution is 5.81. The summed E-state index contributed by atoms with van der Waals surface area (Å²) in [5.41, 5.74) is 0. The first kappa shape index (κ1) is 9.28. The molecule has 1 fully saturated rings. The molecule has 1 aliphatic heterocycles. The number of rotatable bonds is 1. The van der Waals surface area contributed by atoms with Gasteiger partial charge in [-0.25, -0.2) is 0 Å². The van der Waals surface area contributed by atoms with E-state index in [0.29, 0.717) is 18.2 Å². The number of piperidine rings is 1. The number of likely N-dealkylation sites (tertiary alicyclic amines) is 1. The summed E-state index contributed by atoms with van der Waals surface area (Å²) in [4.78, 5) is 12.7. The van der Waals surface area contributed by atoms with Crippen molar-refractivity contribution in [3.63, 3.8) is 0 Å². The van der Waals surface area contributed by atoms with Crippen LogP contribution in [-0.4, -0.2) is 24.9 Å². The van der Waals surface area contributed by atoms with Crippen LogP contribution < -0.4 is 4.90 Å². The molecule has 0 aliphatic carbocycles. The van der Waals surface area contributed by atoms with Gasteiger partial charge >= 0.3 is 0 Å². The van der Waals surface area contributed by atoms with E-state index >= 15 is 0 Å². The van der Waals surface area contributed by atoms with Crippen molar-refractivity contribution in [1.82, 2.24) is 0 Å². The zero-order valence-electron chi connectivity index (χ0n) is 7.76. The first-order valence-corrected chi connectivity index (χ1v) is 4.46. The molecule has 0 aromatic carbocycles. The van der Waals surface area contributed by atoms with Crippen molar-refractivity contribution in [2.45, 2.75) is 26.3 Å². The van der Waals surface area contributed by atoms with Crippen LogP contribution in [0.4, 0.5) is 0 Å². The van der Waals surface area contributed by atoms with Gasteiger partial charge in [0, 0.05) is 0 Å². The quantitative estimate of drug-likeness (QED) is 0.521. The number of carbonyl (C=O) groups excluding carboxylic acids is 1. The van der Waals surface area contributed by atoms with Crippen molar-refractivity contribution in [2.75, 3.05) is 13.1 Å². The lowest BCUT2D eigenvalue weighted by atomic mass is 9.94. The van der Waals surface area contributed by atoms with Gasteiger partial charge in [-0.1, -0.05) is 6.92 Å². The summed E-state index contributed by atoms with van der Waals surface area (Å²) in [6.45, 7) is 5.74. The average molecular weight is 166 g/mol. The van der Waals surface area contributed by atoms with Gasteiger partial charge in [0.25, 0.3) is 0 Å². The zero-order chi connectivity index (χ0) is 9.14. The number of hydrogen-bond donors (Lipinski definition) is 1. The number of nitrogens with one attached hydrogen (secondary N) is 1. The molecule has 0 bridgehead atoms. The van der Waals surface area contributed by atoms with Crippen LogP contribution in [0.25, 0.3) is 0 Å². The highest BCUT2D eigenvalue weighted by Crippen LogP contribution is 2.04.